The van der Waals surface area contributed by atoms with Crippen molar-refractivity contribution in [2.75, 3.05) is 10.7 Å². The maximum absolute atomic E-state index is 13.4. The number of aromatic nitrogens is 1. The predicted octanol–water partition coefficient (Wildman–Crippen LogP) is 1.90. The molecule has 0 bridgehead atoms. The number of hydrazine groups is 1. The minimum atomic E-state index is -1.12. The van der Waals surface area contributed by atoms with Crippen LogP contribution in [-0.4, -0.2) is 10.9 Å². The first kappa shape index (κ1) is 12.9. The van der Waals surface area contributed by atoms with Crippen LogP contribution < -0.4 is 16.6 Å². The summed E-state index contributed by atoms with van der Waals surface area (Å²) in [6, 6.07) is 6.48. The molecule has 0 fully saturated rings. The second kappa shape index (κ2) is 5.40. The van der Waals surface area contributed by atoms with Crippen molar-refractivity contribution in [3.05, 3.63) is 53.7 Å². The number of hydrogen-bond acceptors (Lipinski definition) is 4. The number of nitrogens with two attached hydrogens (primary N) is 1. The highest BCUT2D eigenvalue weighted by molar-refractivity contribution is 6.07. The zero-order valence-corrected chi connectivity index (χ0v) is 9.65. The number of nitrogens with one attached hydrogen (secondary N) is 2. The van der Waals surface area contributed by atoms with Crippen LogP contribution in [0.4, 0.5) is 20.3 Å². The third-order valence-electron chi connectivity index (χ3n) is 2.39. The van der Waals surface area contributed by atoms with Crippen molar-refractivity contribution in [3.8, 4) is 0 Å². The molecule has 4 N–H and O–H groups in total. The fraction of sp³-hybridized carbons (Fsp3) is 0. The summed E-state index contributed by atoms with van der Waals surface area (Å²) in [6.07, 6.45) is 1.44. The smallest absolute Gasteiger partial charge is 0.259 e. The molecule has 5 nitrogen and oxygen atoms in total. The van der Waals surface area contributed by atoms with E-state index >= 15 is 0 Å². The average molecular weight is 264 g/mol. The Morgan fingerprint density at radius 2 is 2.00 bits per heavy atom. The van der Waals surface area contributed by atoms with Crippen LogP contribution in [0.1, 0.15) is 10.4 Å². The van der Waals surface area contributed by atoms with E-state index < -0.39 is 17.5 Å². The van der Waals surface area contributed by atoms with Crippen LogP contribution in [-0.2, 0) is 0 Å². The van der Waals surface area contributed by atoms with Crippen molar-refractivity contribution in [2.24, 2.45) is 5.84 Å². The summed E-state index contributed by atoms with van der Waals surface area (Å²) in [7, 11) is 0. The standard InChI is InChI=1S/C12H10F2N4O/c13-8-4-1-5-9(10(8)14)17-12(19)7-3-2-6-16-11(7)18-15/h1-6H,15H2,(H,16,18)(H,17,19). The maximum Gasteiger partial charge on any atom is 0.259 e. The van der Waals surface area contributed by atoms with Gasteiger partial charge in [0.25, 0.3) is 5.91 Å². The Hall–Kier alpha value is -2.54. The molecule has 0 aliphatic carbocycles. The number of carbonyl (C=O) groups is 1. The molecule has 0 aliphatic rings. The molecule has 98 valence electrons. The number of amides is 1. The van der Waals surface area contributed by atoms with Crippen molar-refractivity contribution in [2.45, 2.75) is 0 Å². The summed E-state index contributed by atoms with van der Waals surface area (Å²) in [5.41, 5.74) is 2.11. The molecule has 0 aliphatic heterocycles. The highest BCUT2D eigenvalue weighted by atomic mass is 19.2. The minimum Gasteiger partial charge on any atom is -0.319 e. The number of benzene rings is 1. The number of nitrogens with zero attached hydrogens (tertiary/aromatic N) is 1. The van der Waals surface area contributed by atoms with Gasteiger partial charge in [-0.1, -0.05) is 6.07 Å². The van der Waals surface area contributed by atoms with Gasteiger partial charge < -0.3 is 10.7 Å². The zero-order valence-electron chi connectivity index (χ0n) is 9.65. The lowest BCUT2D eigenvalue weighted by molar-refractivity contribution is 0.102. The summed E-state index contributed by atoms with van der Waals surface area (Å²) in [6.45, 7) is 0. The monoisotopic (exact) mass is 264 g/mol. The van der Waals surface area contributed by atoms with Crippen LogP contribution in [0.2, 0.25) is 0 Å². The summed E-state index contributed by atoms with van der Waals surface area (Å²) in [5.74, 6) is 2.53. The van der Waals surface area contributed by atoms with E-state index in [1.54, 1.807) is 0 Å². The van der Waals surface area contributed by atoms with Gasteiger partial charge in [-0.2, -0.15) is 0 Å². The Bertz CT molecular complexity index is 618. The highest BCUT2D eigenvalue weighted by Gasteiger charge is 2.15. The first-order valence-corrected chi connectivity index (χ1v) is 5.30. The van der Waals surface area contributed by atoms with Crippen LogP contribution in [0.3, 0.4) is 0 Å². The third-order valence-corrected chi connectivity index (χ3v) is 2.39. The molecule has 1 amide bonds. The molecule has 1 aromatic carbocycles. The lowest BCUT2D eigenvalue weighted by atomic mass is 10.2. The van der Waals surface area contributed by atoms with Crippen LogP contribution in [0.25, 0.3) is 0 Å². The molecule has 0 radical (unpaired) electrons. The summed E-state index contributed by atoms with van der Waals surface area (Å²) < 4.78 is 26.4. The summed E-state index contributed by atoms with van der Waals surface area (Å²) in [4.78, 5) is 15.8. The van der Waals surface area contributed by atoms with E-state index in [0.717, 1.165) is 6.07 Å². The fourth-order valence-corrected chi connectivity index (χ4v) is 1.49. The number of carbonyl (C=O) groups excluding carboxylic acids is 1. The van der Waals surface area contributed by atoms with Gasteiger partial charge >= 0.3 is 0 Å². The number of pyridine rings is 1. The minimum absolute atomic E-state index is 0.119. The molecule has 0 spiro atoms. The lowest BCUT2D eigenvalue weighted by Gasteiger charge is -2.09. The van der Waals surface area contributed by atoms with Gasteiger partial charge in [0, 0.05) is 6.20 Å². The molecule has 0 saturated heterocycles. The maximum atomic E-state index is 13.4. The van der Waals surface area contributed by atoms with Crippen molar-refractivity contribution < 1.29 is 13.6 Å². The van der Waals surface area contributed by atoms with Gasteiger partial charge in [-0.15, -0.1) is 0 Å². The fourth-order valence-electron chi connectivity index (χ4n) is 1.49. The Morgan fingerprint density at radius 3 is 2.74 bits per heavy atom. The molecule has 1 aromatic heterocycles. The number of rotatable bonds is 3. The molecule has 1 heterocycles. The number of anilines is 2. The van der Waals surface area contributed by atoms with Gasteiger partial charge in [-0.05, 0) is 24.3 Å². The Labute approximate surface area is 107 Å². The molecular formula is C12H10F2N4O. The van der Waals surface area contributed by atoms with Gasteiger partial charge in [0.15, 0.2) is 17.5 Å². The van der Waals surface area contributed by atoms with E-state index in [2.05, 4.69) is 15.7 Å². The van der Waals surface area contributed by atoms with Gasteiger partial charge in [-0.25, -0.2) is 19.6 Å². The molecule has 2 aromatic rings. The quantitative estimate of drug-likeness (QED) is 0.584. The average Bonchev–Trinajstić information content (AvgIpc) is 2.43. The number of halogens is 2. The van der Waals surface area contributed by atoms with Crippen LogP contribution in [0.15, 0.2) is 36.5 Å². The van der Waals surface area contributed by atoms with Crippen molar-refractivity contribution in [1.82, 2.24) is 4.98 Å². The first-order valence-electron chi connectivity index (χ1n) is 5.30. The predicted molar refractivity (Wildman–Crippen MR) is 66.4 cm³/mol. The molecule has 19 heavy (non-hydrogen) atoms. The van der Waals surface area contributed by atoms with Crippen LogP contribution in [0, 0.1) is 11.6 Å². The molecule has 0 unspecified atom stereocenters. The lowest BCUT2D eigenvalue weighted by Crippen LogP contribution is -2.18. The zero-order chi connectivity index (χ0) is 13.8. The second-order valence-electron chi connectivity index (χ2n) is 3.60. The van der Waals surface area contributed by atoms with E-state index in [-0.39, 0.29) is 17.1 Å². The van der Waals surface area contributed by atoms with Crippen LogP contribution >= 0.6 is 0 Å². The number of nitrogen functional groups attached to an aromatic ring is 1. The molecule has 2 rings (SSSR count). The largest absolute Gasteiger partial charge is 0.319 e. The van der Waals surface area contributed by atoms with Crippen LogP contribution in [0.5, 0.6) is 0 Å². The van der Waals surface area contributed by atoms with E-state index in [1.165, 1.54) is 30.5 Å². The van der Waals surface area contributed by atoms with Gasteiger partial charge in [0.1, 0.15) is 0 Å². The Morgan fingerprint density at radius 1 is 1.21 bits per heavy atom. The molecule has 0 atom stereocenters. The molecular weight excluding hydrogens is 254 g/mol. The summed E-state index contributed by atoms with van der Waals surface area (Å²) >= 11 is 0. The van der Waals surface area contributed by atoms with Gasteiger partial charge in [-0.3, -0.25) is 4.79 Å². The SMILES string of the molecule is NNc1ncccc1C(=O)Nc1cccc(F)c1F. The van der Waals surface area contributed by atoms with E-state index in [4.69, 9.17) is 5.84 Å². The molecule has 0 saturated carbocycles. The third kappa shape index (κ3) is 2.66. The van der Waals surface area contributed by atoms with Gasteiger partial charge in [0.05, 0.1) is 11.3 Å². The van der Waals surface area contributed by atoms with Crippen molar-refractivity contribution in [3.63, 3.8) is 0 Å². The van der Waals surface area contributed by atoms with E-state index in [0.29, 0.717) is 0 Å². The number of hydrogen-bond donors (Lipinski definition) is 3. The van der Waals surface area contributed by atoms with E-state index in [1.807, 2.05) is 0 Å². The summed E-state index contributed by atoms with van der Waals surface area (Å²) in [5, 5.41) is 2.25. The van der Waals surface area contributed by atoms with Crippen molar-refractivity contribution in [1.29, 1.82) is 0 Å². The van der Waals surface area contributed by atoms with E-state index in [9.17, 15) is 13.6 Å². The second-order valence-corrected chi connectivity index (χ2v) is 3.60. The Balaban J connectivity index is 2.28. The Kier molecular flexibility index (Phi) is 3.67. The molecule has 7 heteroatoms. The van der Waals surface area contributed by atoms with Gasteiger partial charge in [0.2, 0.25) is 0 Å². The topological polar surface area (TPSA) is 80.0 Å². The first-order chi connectivity index (χ1) is 9.13. The van der Waals surface area contributed by atoms with Crippen molar-refractivity contribution >= 4 is 17.4 Å². The normalized spacial score (nSPS) is 10.1. The highest BCUT2D eigenvalue weighted by Crippen LogP contribution is 2.19.